The van der Waals surface area contributed by atoms with Crippen LogP contribution in [0.5, 0.6) is 0 Å². The lowest BCUT2D eigenvalue weighted by molar-refractivity contribution is 0.293. The summed E-state index contributed by atoms with van der Waals surface area (Å²) >= 11 is 0. The highest BCUT2D eigenvalue weighted by Gasteiger charge is 2.47. The van der Waals surface area contributed by atoms with E-state index in [2.05, 4.69) is 29.6 Å². The third-order valence-electron chi connectivity index (χ3n) is 2.98. The first-order valence-electron chi connectivity index (χ1n) is 4.88. The molecule has 1 unspecified atom stereocenters. The number of benzene rings is 1. The summed E-state index contributed by atoms with van der Waals surface area (Å²) in [6.07, 6.45) is 2.37. The maximum atomic E-state index is 5.60. The molecule has 0 aliphatic carbocycles. The van der Waals surface area contributed by atoms with Gasteiger partial charge in [-0.15, -0.1) is 0 Å². The number of nitrogens with one attached hydrogen (secondary N) is 1. The van der Waals surface area contributed by atoms with Crippen molar-refractivity contribution in [3.05, 3.63) is 29.8 Å². The number of para-hydroxylation sites is 1. The molecule has 2 nitrogen and oxygen atoms in total. The summed E-state index contributed by atoms with van der Waals surface area (Å²) in [5.41, 5.74) is 2.70. The third kappa shape index (κ3) is 1.05. The quantitative estimate of drug-likeness (QED) is 0.611. The van der Waals surface area contributed by atoms with Crippen LogP contribution in [0.1, 0.15) is 18.4 Å². The van der Waals surface area contributed by atoms with Crippen LogP contribution < -0.4 is 5.32 Å². The normalized spacial score (nSPS) is 30.5. The molecule has 1 aromatic rings. The largest absolute Gasteiger partial charge is 0.385 e. The molecule has 0 saturated carbocycles. The Labute approximate surface area is 77.9 Å². The van der Waals surface area contributed by atoms with Gasteiger partial charge in [0.15, 0.2) is 0 Å². The molecule has 1 aromatic carbocycles. The van der Waals surface area contributed by atoms with Crippen molar-refractivity contribution in [2.45, 2.75) is 18.4 Å². The Morgan fingerprint density at radius 2 is 2.15 bits per heavy atom. The van der Waals surface area contributed by atoms with Crippen LogP contribution in [0.25, 0.3) is 0 Å². The first kappa shape index (κ1) is 7.39. The van der Waals surface area contributed by atoms with E-state index < -0.39 is 0 Å². The van der Waals surface area contributed by atoms with E-state index in [-0.39, 0.29) is 5.60 Å². The molecule has 0 amide bonds. The zero-order valence-electron chi connectivity index (χ0n) is 7.55. The lowest BCUT2D eigenvalue weighted by atomic mass is 9.95. The van der Waals surface area contributed by atoms with E-state index in [1.807, 2.05) is 0 Å². The fraction of sp³-hybridized carbons (Fsp3) is 0.455. The molecule has 1 fully saturated rings. The smallest absolute Gasteiger partial charge is 0.119 e. The Hall–Kier alpha value is -1.02. The molecule has 0 radical (unpaired) electrons. The third-order valence-corrected chi connectivity index (χ3v) is 2.98. The second kappa shape index (κ2) is 2.48. The van der Waals surface area contributed by atoms with Crippen molar-refractivity contribution in [1.29, 1.82) is 0 Å². The molecular formula is C11H13NO. The maximum Gasteiger partial charge on any atom is 0.119 e. The summed E-state index contributed by atoms with van der Waals surface area (Å²) in [7, 11) is 0. The summed E-state index contributed by atoms with van der Waals surface area (Å²) < 4.78 is 5.60. The highest BCUT2D eigenvalue weighted by atomic mass is 16.6. The highest BCUT2D eigenvalue weighted by Crippen LogP contribution is 2.47. The van der Waals surface area contributed by atoms with Crippen LogP contribution in [-0.4, -0.2) is 13.2 Å². The fourth-order valence-electron chi connectivity index (χ4n) is 2.15. The van der Waals surface area contributed by atoms with Crippen molar-refractivity contribution in [1.82, 2.24) is 0 Å². The summed E-state index contributed by atoms with van der Waals surface area (Å²) in [4.78, 5) is 0. The number of rotatable bonds is 0. The van der Waals surface area contributed by atoms with Crippen LogP contribution in [0.4, 0.5) is 5.69 Å². The van der Waals surface area contributed by atoms with Gasteiger partial charge in [0.2, 0.25) is 0 Å². The molecule has 68 valence electrons. The van der Waals surface area contributed by atoms with Crippen LogP contribution in [0.2, 0.25) is 0 Å². The highest BCUT2D eigenvalue weighted by molar-refractivity contribution is 5.56. The molecule has 2 heterocycles. The Bertz CT molecular complexity index is 331. The Balaban J connectivity index is 2.11. The van der Waals surface area contributed by atoms with Gasteiger partial charge in [-0.1, -0.05) is 18.2 Å². The minimum atomic E-state index is 0.0834. The molecule has 0 aromatic heterocycles. The van der Waals surface area contributed by atoms with E-state index in [0.29, 0.717) is 0 Å². The predicted octanol–water partition coefficient (Wildman–Crippen LogP) is 2.12. The van der Waals surface area contributed by atoms with Gasteiger partial charge in [-0.3, -0.25) is 0 Å². The summed E-state index contributed by atoms with van der Waals surface area (Å²) in [5.74, 6) is 0. The van der Waals surface area contributed by atoms with Gasteiger partial charge in [0.1, 0.15) is 5.60 Å². The SMILES string of the molecule is c1ccc2c(c1)NCCCC21CO1. The van der Waals surface area contributed by atoms with Crippen LogP contribution in [0.15, 0.2) is 24.3 Å². The van der Waals surface area contributed by atoms with Crippen molar-refractivity contribution >= 4 is 5.69 Å². The van der Waals surface area contributed by atoms with Crippen molar-refractivity contribution in [3.8, 4) is 0 Å². The molecule has 2 heteroatoms. The summed E-state index contributed by atoms with van der Waals surface area (Å²) in [6.45, 7) is 1.98. The Morgan fingerprint density at radius 3 is 3.00 bits per heavy atom. The fourth-order valence-corrected chi connectivity index (χ4v) is 2.15. The van der Waals surface area contributed by atoms with Gasteiger partial charge in [0.25, 0.3) is 0 Å². The summed E-state index contributed by atoms with van der Waals surface area (Å²) in [6, 6.07) is 8.49. The number of epoxide rings is 1. The molecule has 0 bridgehead atoms. The molecule has 1 atom stereocenters. The molecule has 3 rings (SSSR count). The van der Waals surface area contributed by atoms with Gasteiger partial charge >= 0.3 is 0 Å². The van der Waals surface area contributed by atoms with Gasteiger partial charge in [-0.25, -0.2) is 0 Å². The van der Waals surface area contributed by atoms with Gasteiger partial charge in [0, 0.05) is 17.8 Å². The molecule has 1 spiro atoms. The molecule has 1 saturated heterocycles. The number of ether oxygens (including phenoxy) is 1. The van der Waals surface area contributed by atoms with E-state index in [4.69, 9.17) is 4.74 Å². The number of anilines is 1. The molecule has 13 heavy (non-hydrogen) atoms. The number of hydrogen-bond donors (Lipinski definition) is 1. The van der Waals surface area contributed by atoms with Crippen molar-refractivity contribution in [2.24, 2.45) is 0 Å². The second-order valence-electron chi connectivity index (χ2n) is 3.86. The minimum absolute atomic E-state index is 0.0834. The second-order valence-corrected chi connectivity index (χ2v) is 3.86. The molecular weight excluding hydrogens is 162 g/mol. The first-order chi connectivity index (χ1) is 6.41. The average molecular weight is 175 g/mol. The van der Waals surface area contributed by atoms with Crippen LogP contribution in [-0.2, 0) is 10.3 Å². The lowest BCUT2D eigenvalue weighted by Crippen LogP contribution is -2.07. The van der Waals surface area contributed by atoms with Crippen LogP contribution >= 0.6 is 0 Å². The van der Waals surface area contributed by atoms with Gasteiger partial charge < -0.3 is 10.1 Å². The van der Waals surface area contributed by atoms with Crippen molar-refractivity contribution < 1.29 is 4.74 Å². The topological polar surface area (TPSA) is 24.6 Å². The van der Waals surface area contributed by atoms with E-state index in [9.17, 15) is 0 Å². The molecule has 2 aliphatic heterocycles. The van der Waals surface area contributed by atoms with Gasteiger partial charge in [0.05, 0.1) is 6.61 Å². The van der Waals surface area contributed by atoms with E-state index in [1.165, 1.54) is 17.7 Å². The zero-order valence-corrected chi connectivity index (χ0v) is 7.55. The van der Waals surface area contributed by atoms with E-state index in [1.54, 1.807) is 0 Å². The van der Waals surface area contributed by atoms with E-state index >= 15 is 0 Å². The van der Waals surface area contributed by atoms with Gasteiger partial charge in [-0.05, 0) is 18.9 Å². The van der Waals surface area contributed by atoms with Crippen molar-refractivity contribution in [2.75, 3.05) is 18.5 Å². The standard InChI is InChI=1S/C11H13NO/c1-2-5-10-9(4-1)11(8-13-11)6-3-7-12-10/h1-2,4-5,12H,3,6-8H2. The van der Waals surface area contributed by atoms with E-state index in [0.717, 1.165) is 19.6 Å². The monoisotopic (exact) mass is 175 g/mol. The number of hydrogen-bond acceptors (Lipinski definition) is 2. The Morgan fingerprint density at radius 1 is 1.31 bits per heavy atom. The Kier molecular flexibility index (Phi) is 1.41. The van der Waals surface area contributed by atoms with Crippen LogP contribution in [0, 0.1) is 0 Å². The first-order valence-corrected chi connectivity index (χ1v) is 4.88. The minimum Gasteiger partial charge on any atom is -0.385 e. The summed E-state index contributed by atoms with van der Waals surface area (Å²) in [5, 5.41) is 3.44. The zero-order chi connectivity index (χ0) is 8.73. The number of fused-ring (bicyclic) bond motifs is 2. The lowest BCUT2D eigenvalue weighted by Gasteiger charge is -2.11. The van der Waals surface area contributed by atoms with Crippen molar-refractivity contribution in [3.63, 3.8) is 0 Å². The van der Waals surface area contributed by atoms with Gasteiger partial charge in [-0.2, -0.15) is 0 Å². The molecule has 2 aliphatic rings. The molecule has 1 N–H and O–H groups in total. The van der Waals surface area contributed by atoms with Crippen LogP contribution in [0.3, 0.4) is 0 Å². The predicted molar refractivity (Wildman–Crippen MR) is 51.8 cm³/mol. The average Bonchev–Trinajstić information content (AvgIpc) is 2.96. The maximum absolute atomic E-state index is 5.60.